The summed E-state index contributed by atoms with van der Waals surface area (Å²) < 4.78 is 7.58. The Morgan fingerprint density at radius 3 is 2.65 bits per heavy atom. The van der Waals surface area contributed by atoms with Crippen LogP contribution in [0, 0.1) is 0 Å². The third-order valence-corrected chi connectivity index (χ3v) is 5.09. The van der Waals surface area contributed by atoms with Crippen LogP contribution < -0.4 is 0 Å². The molecule has 0 bridgehead atoms. The summed E-state index contributed by atoms with van der Waals surface area (Å²) in [4.78, 5) is 4.16. The Kier molecular flexibility index (Phi) is 5.04. The maximum Gasteiger partial charge on any atom is 0.192 e. The number of aromatic nitrogens is 4. The molecule has 7 heteroatoms. The van der Waals surface area contributed by atoms with Crippen LogP contribution in [0.25, 0.3) is 11.4 Å². The summed E-state index contributed by atoms with van der Waals surface area (Å²) in [5, 5.41) is 10.3. The van der Waals surface area contributed by atoms with Gasteiger partial charge in [0.05, 0.1) is 12.8 Å². The Bertz CT molecular complexity index is 969. The van der Waals surface area contributed by atoms with E-state index in [9.17, 15) is 0 Å². The topological polar surface area (TPSA) is 56.7 Å². The maximum atomic E-state index is 6.01. The quantitative estimate of drug-likeness (QED) is 0.443. The minimum absolute atomic E-state index is 0.563. The van der Waals surface area contributed by atoms with Crippen LogP contribution in [0.1, 0.15) is 11.3 Å². The Balaban J connectivity index is 1.65. The molecule has 3 heterocycles. The second-order valence-electron chi connectivity index (χ2n) is 5.63. The van der Waals surface area contributed by atoms with Crippen molar-refractivity contribution in [1.29, 1.82) is 0 Å². The molecule has 26 heavy (non-hydrogen) atoms. The smallest absolute Gasteiger partial charge is 0.192 e. The summed E-state index contributed by atoms with van der Waals surface area (Å²) in [6.07, 6.45) is 5.30. The lowest BCUT2D eigenvalue weighted by atomic mass is 10.2. The number of pyridine rings is 1. The maximum absolute atomic E-state index is 6.01. The molecule has 0 saturated carbocycles. The molecule has 0 unspecified atom stereocenters. The van der Waals surface area contributed by atoms with Gasteiger partial charge < -0.3 is 4.42 Å². The van der Waals surface area contributed by atoms with Crippen molar-refractivity contribution in [2.24, 2.45) is 0 Å². The number of rotatable bonds is 6. The zero-order valence-electron chi connectivity index (χ0n) is 13.7. The minimum atomic E-state index is 0.563. The third-order valence-electron chi connectivity index (χ3n) is 3.80. The second-order valence-corrected chi connectivity index (χ2v) is 7.01. The summed E-state index contributed by atoms with van der Waals surface area (Å²) in [7, 11) is 0. The predicted molar refractivity (Wildman–Crippen MR) is 102 cm³/mol. The Labute approximate surface area is 160 Å². The summed E-state index contributed by atoms with van der Waals surface area (Å²) in [6, 6.07) is 15.4. The van der Waals surface area contributed by atoms with E-state index >= 15 is 0 Å². The number of furan rings is 1. The molecule has 0 aliphatic heterocycles. The Hall–Kier alpha value is -2.57. The third kappa shape index (κ3) is 3.81. The highest BCUT2D eigenvalue weighted by Gasteiger charge is 2.16. The zero-order chi connectivity index (χ0) is 17.8. The van der Waals surface area contributed by atoms with Crippen LogP contribution in [-0.4, -0.2) is 19.7 Å². The van der Waals surface area contributed by atoms with Crippen molar-refractivity contribution in [2.75, 3.05) is 0 Å². The van der Waals surface area contributed by atoms with E-state index in [1.165, 1.54) is 0 Å². The van der Waals surface area contributed by atoms with Gasteiger partial charge in [0.15, 0.2) is 11.0 Å². The number of hydrogen-bond acceptors (Lipinski definition) is 5. The highest BCUT2D eigenvalue weighted by atomic mass is 35.5. The molecule has 130 valence electrons. The van der Waals surface area contributed by atoms with Gasteiger partial charge in [-0.25, -0.2) is 0 Å². The van der Waals surface area contributed by atoms with Crippen molar-refractivity contribution in [1.82, 2.24) is 19.7 Å². The fraction of sp³-hybridized carbons (Fsp3) is 0.105. The SMILES string of the molecule is Clc1ccc(-c2nnc(SCc3cccnc3)n2Cc2ccco2)cc1. The van der Waals surface area contributed by atoms with Crippen molar-refractivity contribution in [2.45, 2.75) is 17.5 Å². The molecule has 0 aliphatic carbocycles. The van der Waals surface area contributed by atoms with Gasteiger partial charge >= 0.3 is 0 Å². The van der Waals surface area contributed by atoms with Crippen molar-refractivity contribution >= 4 is 23.4 Å². The monoisotopic (exact) mass is 382 g/mol. The van der Waals surface area contributed by atoms with Crippen LogP contribution in [0.15, 0.2) is 76.8 Å². The summed E-state index contributed by atoms with van der Waals surface area (Å²) in [6.45, 7) is 0.563. The van der Waals surface area contributed by atoms with Crippen LogP contribution in [0.5, 0.6) is 0 Å². The number of halogens is 1. The highest BCUT2D eigenvalue weighted by Crippen LogP contribution is 2.28. The first kappa shape index (κ1) is 16.9. The number of hydrogen-bond donors (Lipinski definition) is 0. The standard InChI is InChI=1S/C19H15ClN4OS/c20-16-7-5-15(6-8-16)18-22-23-19(24(18)12-17-4-2-10-25-17)26-13-14-3-1-9-21-11-14/h1-11H,12-13H2. The first-order valence-electron chi connectivity index (χ1n) is 8.03. The molecule has 0 fully saturated rings. The molecule has 3 aromatic heterocycles. The van der Waals surface area contributed by atoms with Gasteiger partial charge in [0.25, 0.3) is 0 Å². The average Bonchev–Trinajstić information content (AvgIpc) is 3.32. The largest absolute Gasteiger partial charge is 0.467 e. The summed E-state index contributed by atoms with van der Waals surface area (Å²) in [5.74, 6) is 2.40. The van der Waals surface area contributed by atoms with E-state index in [-0.39, 0.29) is 0 Å². The number of thioether (sulfide) groups is 1. The zero-order valence-corrected chi connectivity index (χ0v) is 15.3. The van der Waals surface area contributed by atoms with E-state index in [0.717, 1.165) is 33.6 Å². The molecule has 0 amide bonds. The van der Waals surface area contributed by atoms with Crippen molar-refractivity contribution in [3.8, 4) is 11.4 Å². The van der Waals surface area contributed by atoms with E-state index in [0.29, 0.717) is 11.6 Å². The van der Waals surface area contributed by atoms with E-state index in [1.807, 2.05) is 54.7 Å². The first-order chi connectivity index (χ1) is 12.8. The van der Waals surface area contributed by atoms with E-state index in [1.54, 1.807) is 24.2 Å². The van der Waals surface area contributed by atoms with Crippen LogP contribution in [0.2, 0.25) is 5.02 Å². The van der Waals surface area contributed by atoms with Crippen LogP contribution in [0.4, 0.5) is 0 Å². The van der Waals surface area contributed by atoms with Gasteiger partial charge in [-0.1, -0.05) is 29.4 Å². The molecule has 0 atom stereocenters. The predicted octanol–water partition coefficient (Wildman–Crippen LogP) is 4.93. The summed E-state index contributed by atoms with van der Waals surface area (Å²) >= 11 is 7.63. The molecule has 0 radical (unpaired) electrons. The molecule has 0 aliphatic rings. The van der Waals surface area contributed by atoms with Gasteiger partial charge in [-0.2, -0.15) is 0 Å². The second kappa shape index (κ2) is 7.76. The first-order valence-corrected chi connectivity index (χ1v) is 9.39. The van der Waals surface area contributed by atoms with Gasteiger partial charge in [0.1, 0.15) is 5.76 Å². The molecular formula is C19H15ClN4OS. The van der Waals surface area contributed by atoms with E-state index in [2.05, 4.69) is 19.7 Å². The van der Waals surface area contributed by atoms with Crippen molar-refractivity contribution < 1.29 is 4.42 Å². The van der Waals surface area contributed by atoms with Crippen LogP contribution in [0.3, 0.4) is 0 Å². The lowest BCUT2D eigenvalue weighted by Crippen LogP contribution is -2.03. The number of nitrogens with zero attached hydrogens (tertiary/aromatic N) is 4. The van der Waals surface area contributed by atoms with Crippen LogP contribution in [-0.2, 0) is 12.3 Å². The normalized spacial score (nSPS) is 11.0. The van der Waals surface area contributed by atoms with Gasteiger partial charge in [0.2, 0.25) is 0 Å². The molecule has 5 nitrogen and oxygen atoms in total. The van der Waals surface area contributed by atoms with Gasteiger partial charge in [-0.05, 0) is 48.0 Å². The Morgan fingerprint density at radius 2 is 1.92 bits per heavy atom. The van der Waals surface area contributed by atoms with Gasteiger partial charge in [-0.3, -0.25) is 9.55 Å². The number of benzene rings is 1. The molecule has 0 saturated heterocycles. The van der Waals surface area contributed by atoms with Crippen molar-refractivity contribution in [3.63, 3.8) is 0 Å². The molecule has 4 rings (SSSR count). The van der Waals surface area contributed by atoms with Gasteiger partial charge in [-0.15, -0.1) is 10.2 Å². The fourth-order valence-electron chi connectivity index (χ4n) is 2.54. The average molecular weight is 383 g/mol. The van der Waals surface area contributed by atoms with E-state index in [4.69, 9.17) is 16.0 Å². The fourth-order valence-corrected chi connectivity index (χ4v) is 3.54. The molecule has 4 aromatic rings. The van der Waals surface area contributed by atoms with Gasteiger partial charge in [0, 0.05) is 28.7 Å². The summed E-state index contributed by atoms with van der Waals surface area (Å²) in [5.41, 5.74) is 2.10. The molecule has 1 aromatic carbocycles. The Morgan fingerprint density at radius 1 is 1.04 bits per heavy atom. The molecule has 0 N–H and O–H groups in total. The highest BCUT2D eigenvalue weighted by molar-refractivity contribution is 7.98. The van der Waals surface area contributed by atoms with E-state index < -0.39 is 0 Å². The van der Waals surface area contributed by atoms with Crippen LogP contribution >= 0.6 is 23.4 Å². The minimum Gasteiger partial charge on any atom is -0.467 e. The lowest BCUT2D eigenvalue weighted by molar-refractivity contribution is 0.485. The molecule has 0 spiro atoms. The van der Waals surface area contributed by atoms with Crippen molar-refractivity contribution in [3.05, 3.63) is 83.5 Å². The molecular weight excluding hydrogens is 368 g/mol. The lowest BCUT2D eigenvalue weighted by Gasteiger charge is -2.09.